The van der Waals surface area contributed by atoms with Crippen LogP contribution < -0.4 is 10.6 Å². The van der Waals surface area contributed by atoms with Crippen molar-refractivity contribution in [3.8, 4) is 0 Å². The first-order valence-electron chi connectivity index (χ1n) is 8.41. The van der Waals surface area contributed by atoms with Crippen LogP contribution in [-0.2, 0) is 6.54 Å². The molecule has 0 radical (unpaired) electrons. The average molecular weight is 410 g/mol. The molecule has 4 nitrogen and oxygen atoms in total. The van der Waals surface area contributed by atoms with Crippen LogP contribution in [0.4, 0.5) is 5.69 Å². The molecular formula is C21H20BrN3O. The number of anilines is 1. The summed E-state index contributed by atoms with van der Waals surface area (Å²) in [6.07, 6.45) is 3.55. The van der Waals surface area contributed by atoms with Gasteiger partial charge in [0.2, 0.25) is 0 Å². The van der Waals surface area contributed by atoms with E-state index in [9.17, 15) is 4.79 Å². The summed E-state index contributed by atoms with van der Waals surface area (Å²) in [5.74, 6) is -0.105. The quantitative estimate of drug-likeness (QED) is 0.605. The zero-order valence-electron chi connectivity index (χ0n) is 14.4. The summed E-state index contributed by atoms with van der Waals surface area (Å²) in [6, 6.07) is 19.3. The minimum absolute atomic E-state index is 0.0913. The van der Waals surface area contributed by atoms with Gasteiger partial charge in [-0.1, -0.05) is 46.3 Å². The van der Waals surface area contributed by atoms with Crippen molar-refractivity contribution in [3.63, 3.8) is 0 Å². The molecule has 0 fully saturated rings. The Kier molecular flexibility index (Phi) is 6.02. The van der Waals surface area contributed by atoms with Crippen LogP contribution >= 0.6 is 15.9 Å². The van der Waals surface area contributed by atoms with Crippen LogP contribution in [0, 0.1) is 0 Å². The van der Waals surface area contributed by atoms with Gasteiger partial charge in [-0.15, -0.1) is 0 Å². The Labute approximate surface area is 161 Å². The maximum atomic E-state index is 12.8. The van der Waals surface area contributed by atoms with E-state index >= 15 is 0 Å². The van der Waals surface area contributed by atoms with Crippen molar-refractivity contribution >= 4 is 27.5 Å². The van der Waals surface area contributed by atoms with E-state index < -0.39 is 0 Å². The third kappa shape index (κ3) is 4.70. The lowest BCUT2D eigenvalue weighted by Gasteiger charge is -2.17. The third-order valence-electron chi connectivity index (χ3n) is 4.07. The molecule has 0 saturated heterocycles. The zero-order chi connectivity index (χ0) is 18.4. The lowest BCUT2D eigenvalue weighted by Crippen LogP contribution is -2.27. The molecule has 3 rings (SSSR count). The van der Waals surface area contributed by atoms with E-state index in [-0.39, 0.29) is 11.9 Å². The lowest BCUT2D eigenvalue weighted by atomic mass is 10.1. The summed E-state index contributed by atoms with van der Waals surface area (Å²) in [6.45, 7) is 2.59. The minimum Gasteiger partial charge on any atom is -0.380 e. The first kappa shape index (κ1) is 18.1. The van der Waals surface area contributed by atoms with Gasteiger partial charge in [0.1, 0.15) is 0 Å². The predicted octanol–water partition coefficient (Wildman–Crippen LogP) is 4.95. The molecule has 1 heterocycles. The van der Waals surface area contributed by atoms with Gasteiger partial charge < -0.3 is 10.6 Å². The Balaban J connectivity index is 1.71. The molecule has 1 unspecified atom stereocenters. The molecule has 1 atom stereocenters. The molecule has 1 aromatic heterocycles. The molecule has 5 heteroatoms. The van der Waals surface area contributed by atoms with Gasteiger partial charge in [0.05, 0.1) is 11.6 Å². The van der Waals surface area contributed by atoms with E-state index in [1.165, 1.54) is 0 Å². The second-order valence-corrected chi connectivity index (χ2v) is 6.93. The molecule has 0 aliphatic carbocycles. The number of para-hydroxylation sites is 1. The van der Waals surface area contributed by atoms with Crippen LogP contribution in [0.3, 0.4) is 0 Å². The normalized spacial score (nSPS) is 11.6. The van der Waals surface area contributed by atoms with Gasteiger partial charge in [-0.25, -0.2) is 0 Å². The van der Waals surface area contributed by atoms with Crippen LogP contribution in [0.2, 0.25) is 0 Å². The summed E-state index contributed by atoms with van der Waals surface area (Å²) in [5.41, 5.74) is 3.53. The number of benzene rings is 2. The molecular weight excluding hydrogens is 390 g/mol. The minimum atomic E-state index is -0.105. The number of hydrogen-bond donors (Lipinski definition) is 2. The fourth-order valence-corrected chi connectivity index (χ4v) is 3.09. The second kappa shape index (κ2) is 8.63. The molecule has 2 aromatic carbocycles. The first-order valence-corrected chi connectivity index (χ1v) is 9.21. The SMILES string of the molecule is CC(NC(=O)c1ccccc1NCc1cccnc1)c1cccc(Br)c1. The molecule has 3 aromatic rings. The van der Waals surface area contributed by atoms with E-state index in [1.807, 2.05) is 73.8 Å². The summed E-state index contributed by atoms with van der Waals surface area (Å²) in [4.78, 5) is 16.9. The summed E-state index contributed by atoms with van der Waals surface area (Å²) < 4.78 is 0.995. The Morgan fingerprint density at radius 3 is 2.73 bits per heavy atom. The summed E-state index contributed by atoms with van der Waals surface area (Å²) in [5, 5.41) is 6.39. The fourth-order valence-electron chi connectivity index (χ4n) is 2.67. The van der Waals surface area contributed by atoms with Crippen LogP contribution in [-0.4, -0.2) is 10.9 Å². The first-order chi connectivity index (χ1) is 12.6. The summed E-state index contributed by atoms with van der Waals surface area (Å²) in [7, 11) is 0. The van der Waals surface area contributed by atoms with Crippen LogP contribution in [0.25, 0.3) is 0 Å². The van der Waals surface area contributed by atoms with E-state index in [1.54, 1.807) is 6.20 Å². The van der Waals surface area contributed by atoms with Gasteiger partial charge in [0.25, 0.3) is 5.91 Å². The van der Waals surface area contributed by atoms with Crippen molar-refractivity contribution in [2.24, 2.45) is 0 Å². The number of amides is 1. The maximum absolute atomic E-state index is 12.8. The lowest BCUT2D eigenvalue weighted by molar-refractivity contribution is 0.0940. The molecule has 0 saturated carbocycles. The molecule has 2 N–H and O–H groups in total. The van der Waals surface area contributed by atoms with Crippen LogP contribution in [0.1, 0.15) is 34.5 Å². The van der Waals surface area contributed by atoms with Gasteiger partial charge >= 0.3 is 0 Å². The number of nitrogens with one attached hydrogen (secondary N) is 2. The highest BCUT2D eigenvalue weighted by molar-refractivity contribution is 9.10. The second-order valence-electron chi connectivity index (χ2n) is 6.01. The highest BCUT2D eigenvalue weighted by Gasteiger charge is 2.14. The van der Waals surface area contributed by atoms with Crippen molar-refractivity contribution in [1.29, 1.82) is 0 Å². The zero-order valence-corrected chi connectivity index (χ0v) is 16.0. The van der Waals surface area contributed by atoms with Crippen molar-refractivity contribution < 1.29 is 4.79 Å². The Hall–Kier alpha value is -2.66. The van der Waals surface area contributed by atoms with Gasteiger partial charge in [-0.3, -0.25) is 9.78 Å². The monoisotopic (exact) mass is 409 g/mol. The molecule has 132 valence electrons. The number of carbonyl (C=O) groups is 1. The predicted molar refractivity (Wildman–Crippen MR) is 108 cm³/mol. The molecule has 0 aliphatic heterocycles. The topological polar surface area (TPSA) is 54.0 Å². The Morgan fingerprint density at radius 2 is 1.96 bits per heavy atom. The number of carbonyl (C=O) groups excluding carboxylic acids is 1. The maximum Gasteiger partial charge on any atom is 0.253 e. The number of aromatic nitrogens is 1. The van der Waals surface area contributed by atoms with E-state index in [4.69, 9.17) is 0 Å². The van der Waals surface area contributed by atoms with Crippen LogP contribution in [0.5, 0.6) is 0 Å². The smallest absolute Gasteiger partial charge is 0.253 e. The van der Waals surface area contributed by atoms with Crippen molar-refractivity contribution in [1.82, 2.24) is 10.3 Å². The Bertz CT molecular complexity index is 883. The van der Waals surface area contributed by atoms with Gasteiger partial charge in [0.15, 0.2) is 0 Å². The molecule has 0 spiro atoms. The average Bonchev–Trinajstić information content (AvgIpc) is 2.67. The highest BCUT2D eigenvalue weighted by atomic mass is 79.9. The number of halogens is 1. The van der Waals surface area contributed by atoms with Crippen LogP contribution in [0.15, 0.2) is 77.5 Å². The van der Waals surface area contributed by atoms with Gasteiger partial charge in [-0.2, -0.15) is 0 Å². The molecule has 26 heavy (non-hydrogen) atoms. The van der Waals surface area contributed by atoms with Gasteiger partial charge in [0, 0.05) is 29.1 Å². The van der Waals surface area contributed by atoms with Crippen molar-refractivity contribution in [3.05, 3.63) is 94.2 Å². The largest absolute Gasteiger partial charge is 0.380 e. The van der Waals surface area contributed by atoms with E-state index in [0.29, 0.717) is 12.1 Å². The third-order valence-corrected chi connectivity index (χ3v) is 4.57. The number of nitrogens with zero attached hydrogens (tertiary/aromatic N) is 1. The number of hydrogen-bond acceptors (Lipinski definition) is 3. The van der Waals surface area contributed by atoms with E-state index in [0.717, 1.165) is 21.3 Å². The fraction of sp³-hybridized carbons (Fsp3) is 0.143. The van der Waals surface area contributed by atoms with E-state index in [2.05, 4.69) is 31.5 Å². The molecule has 0 aliphatic rings. The molecule has 1 amide bonds. The molecule has 0 bridgehead atoms. The van der Waals surface area contributed by atoms with Gasteiger partial charge in [-0.05, 0) is 48.4 Å². The number of rotatable bonds is 6. The van der Waals surface area contributed by atoms with Crippen molar-refractivity contribution in [2.45, 2.75) is 19.5 Å². The Morgan fingerprint density at radius 1 is 1.12 bits per heavy atom. The summed E-state index contributed by atoms with van der Waals surface area (Å²) >= 11 is 3.47. The van der Waals surface area contributed by atoms with Crippen molar-refractivity contribution in [2.75, 3.05) is 5.32 Å². The standard InChI is InChI=1S/C21H20BrN3O/c1-15(17-7-4-8-18(22)12-17)25-21(26)19-9-2-3-10-20(19)24-14-16-6-5-11-23-13-16/h2-13,15,24H,14H2,1H3,(H,25,26). The highest BCUT2D eigenvalue weighted by Crippen LogP contribution is 2.20. The number of pyridine rings is 1.